The number of nitrogens with one attached hydrogen (secondary N) is 1. The summed E-state index contributed by atoms with van der Waals surface area (Å²) in [5.41, 5.74) is 3.58. The lowest BCUT2D eigenvalue weighted by atomic mass is 10.1. The number of hydrogen-bond acceptors (Lipinski definition) is 2. The standard InChI is InChI=1S/C17H14N2O/c20-19-16(13-6-2-1-3-7-13)11-10-14-12-18-17-9-5-4-8-15(14)17/h1-12,18,20H. The first-order valence-corrected chi connectivity index (χ1v) is 6.40. The number of hydrogen-bond donors (Lipinski definition) is 2. The molecule has 0 spiro atoms. The van der Waals surface area contributed by atoms with Crippen molar-refractivity contribution in [1.29, 1.82) is 0 Å². The predicted octanol–water partition coefficient (Wildman–Crippen LogP) is 4.06. The number of fused-ring (bicyclic) bond motifs is 1. The molecule has 0 radical (unpaired) electrons. The summed E-state index contributed by atoms with van der Waals surface area (Å²) >= 11 is 0. The van der Waals surface area contributed by atoms with Gasteiger partial charge < -0.3 is 10.2 Å². The Kier molecular flexibility index (Phi) is 3.33. The number of rotatable bonds is 3. The fourth-order valence-corrected chi connectivity index (χ4v) is 2.20. The van der Waals surface area contributed by atoms with E-state index in [9.17, 15) is 0 Å². The smallest absolute Gasteiger partial charge is 0.109 e. The third kappa shape index (κ3) is 2.34. The number of oxime groups is 1. The molecule has 0 unspecified atom stereocenters. The van der Waals surface area contributed by atoms with Gasteiger partial charge in [-0.05, 0) is 17.7 Å². The predicted molar refractivity (Wildman–Crippen MR) is 82.1 cm³/mol. The van der Waals surface area contributed by atoms with Gasteiger partial charge in [0.05, 0.1) is 0 Å². The second-order valence-corrected chi connectivity index (χ2v) is 4.47. The molecule has 0 bridgehead atoms. The van der Waals surface area contributed by atoms with E-state index in [1.807, 2.05) is 66.9 Å². The minimum atomic E-state index is 0.538. The Balaban J connectivity index is 1.94. The van der Waals surface area contributed by atoms with E-state index in [0.29, 0.717) is 5.71 Å². The molecule has 0 fully saturated rings. The first-order chi connectivity index (χ1) is 9.88. The van der Waals surface area contributed by atoms with Crippen molar-refractivity contribution >= 4 is 22.7 Å². The summed E-state index contributed by atoms with van der Waals surface area (Å²) in [5.74, 6) is 0. The van der Waals surface area contributed by atoms with E-state index in [1.165, 1.54) is 0 Å². The van der Waals surface area contributed by atoms with Gasteiger partial charge in [-0.1, -0.05) is 59.8 Å². The summed E-state index contributed by atoms with van der Waals surface area (Å²) in [7, 11) is 0. The highest BCUT2D eigenvalue weighted by molar-refractivity contribution is 6.11. The van der Waals surface area contributed by atoms with Crippen molar-refractivity contribution in [3.63, 3.8) is 0 Å². The average molecular weight is 262 g/mol. The number of para-hydroxylation sites is 1. The Morgan fingerprint density at radius 3 is 2.55 bits per heavy atom. The van der Waals surface area contributed by atoms with Gasteiger partial charge in [0.15, 0.2) is 0 Å². The van der Waals surface area contributed by atoms with Gasteiger partial charge in [-0.15, -0.1) is 0 Å². The zero-order valence-corrected chi connectivity index (χ0v) is 10.8. The molecular formula is C17H14N2O. The Hall–Kier alpha value is -2.81. The van der Waals surface area contributed by atoms with Crippen molar-refractivity contribution < 1.29 is 5.21 Å². The second-order valence-electron chi connectivity index (χ2n) is 4.47. The minimum absolute atomic E-state index is 0.538. The van der Waals surface area contributed by atoms with Crippen LogP contribution in [-0.2, 0) is 0 Å². The molecule has 0 saturated heterocycles. The van der Waals surface area contributed by atoms with Crippen LogP contribution in [-0.4, -0.2) is 15.9 Å². The zero-order valence-electron chi connectivity index (χ0n) is 10.8. The first kappa shape index (κ1) is 12.2. The van der Waals surface area contributed by atoms with Gasteiger partial charge in [-0.2, -0.15) is 0 Å². The molecule has 20 heavy (non-hydrogen) atoms. The van der Waals surface area contributed by atoms with E-state index in [0.717, 1.165) is 22.0 Å². The molecule has 0 atom stereocenters. The lowest BCUT2D eigenvalue weighted by Crippen LogP contribution is -1.95. The molecule has 3 rings (SSSR count). The Labute approximate surface area is 116 Å². The molecule has 0 aliphatic rings. The van der Waals surface area contributed by atoms with Crippen molar-refractivity contribution in [2.45, 2.75) is 0 Å². The fourth-order valence-electron chi connectivity index (χ4n) is 2.20. The molecule has 3 heteroatoms. The van der Waals surface area contributed by atoms with Gasteiger partial charge in [0, 0.05) is 22.7 Å². The molecule has 3 aromatic rings. The van der Waals surface area contributed by atoms with Gasteiger partial charge >= 0.3 is 0 Å². The molecule has 0 saturated carbocycles. The maximum absolute atomic E-state index is 9.15. The number of aromatic nitrogens is 1. The molecule has 1 aromatic heterocycles. The molecule has 3 nitrogen and oxygen atoms in total. The number of allylic oxidation sites excluding steroid dienone is 1. The van der Waals surface area contributed by atoms with Crippen LogP contribution in [0.1, 0.15) is 11.1 Å². The zero-order chi connectivity index (χ0) is 13.8. The van der Waals surface area contributed by atoms with Crippen LogP contribution < -0.4 is 0 Å². The number of benzene rings is 2. The SMILES string of the molecule is ON=C(C=Cc1c[nH]c2ccccc12)c1ccccc1. The van der Waals surface area contributed by atoms with Crippen LogP contribution >= 0.6 is 0 Å². The molecule has 0 aliphatic heterocycles. The van der Waals surface area contributed by atoms with Crippen LogP contribution in [0.25, 0.3) is 17.0 Å². The van der Waals surface area contributed by atoms with E-state index in [-0.39, 0.29) is 0 Å². The van der Waals surface area contributed by atoms with Crippen LogP contribution in [0.3, 0.4) is 0 Å². The van der Waals surface area contributed by atoms with E-state index >= 15 is 0 Å². The average Bonchev–Trinajstić information content (AvgIpc) is 2.92. The molecule has 0 aliphatic carbocycles. The molecule has 0 amide bonds. The van der Waals surface area contributed by atoms with Gasteiger partial charge in [0.2, 0.25) is 0 Å². The van der Waals surface area contributed by atoms with Crippen LogP contribution in [0.2, 0.25) is 0 Å². The number of nitrogens with zero attached hydrogens (tertiary/aromatic N) is 1. The third-order valence-corrected chi connectivity index (χ3v) is 3.22. The monoisotopic (exact) mass is 262 g/mol. The first-order valence-electron chi connectivity index (χ1n) is 6.40. The Morgan fingerprint density at radius 1 is 1.00 bits per heavy atom. The van der Waals surface area contributed by atoms with Crippen molar-refractivity contribution in [2.75, 3.05) is 0 Å². The van der Waals surface area contributed by atoms with Gasteiger partial charge in [-0.25, -0.2) is 0 Å². The van der Waals surface area contributed by atoms with Crippen LogP contribution in [0, 0.1) is 0 Å². The van der Waals surface area contributed by atoms with Crippen molar-refractivity contribution in [2.24, 2.45) is 5.16 Å². The van der Waals surface area contributed by atoms with Crippen LogP contribution in [0.5, 0.6) is 0 Å². The maximum Gasteiger partial charge on any atom is 0.109 e. The largest absolute Gasteiger partial charge is 0.410 e. The quantitative estimate of drug-likeness (QED) is 0.417. The number of aromatic amines is 1. The van der Waals surface area contributed by atoms with E-state index in [4.69, 9.17) is 5.21 Å². The van der Waals surface area contributed by atoms with E-state index < -0.39 is 0 Å². The lowest BCUT2D eigenvalue weighted by molar-refractivity contribution is 0.320. The molecule has 2 N–H and O–H groups in total. The number of H-pyrrole nitrogens is 1. The lowest BCUT2D eigenvalue weighted by Gasteiger charge is -1.98. The van der Waals surface area contributed by atoms with Crippen molar-refractivity contribution in [1.82, 2.24) is 4.98 Å². The van der Waals surface area contributed by atoms with E-state index in [1.54, 1.807) is 0 Å². The maximum atomic E-state index is 9.15. The van der Waals surface area contributed by atoms with Crippen molar-refractivity contribution in [3.8, 4) is 0 Å². The summed E-state index contributed by atoms with van der Waals surface area (Å²) < 4.78 is 0. The van der Waals surface area contributed by atoms with Gasteiger partial charge in [0.1, 0.15) is 5.71 Å². The molecule has 2 aromatic carbocycles. The fraction of sp³-hybridized carbons (Fsp3) is 0. The summed E-state index contributed by atoms with van der Waals surface area (Å²) in [6, 6.07) is 17.7. The molecule has 98 valence electrons. The Morgan fingerprint density at radius 2 is 1.75 bits per heavy atom. The topological polar surface area (TPSA) is 48.4 Å². The highest BCUT2D eigenvalue weighted by Crippen LogP contribution is 2.19. The molecule has 1 heterocycles. The summed E-state index contributed by atoms with van der Waals surface area (Å²) in [6.07, 6.45) is 5.70. The Bertz CT molecular complexity index is 770. The third-order valence-electron chi connectivity index (χ3n) is 3.22. The summed E-state index contributed by atoms with van der Waals surface area (Å²) in [4.78, 5) is 3.22. The minimum Gasteiger partial charge on any atom is -0.410 e. The van der Waals surface area contributed by atoms with Gasteiger partial charge in [-0.3, -0.25) is 0 Å². The summed E-state index contributed by atoms with van der Waals surface area (Å²) in [6.45, 7) is 0. The second kappa shape index (κ2) is 5.45. The van der Waals surface area contributed by atoms with Crippen molar-refractivity contribution in [3.05, 3.63) is 78.0 Å². The van der Waals surface area contributed by atoms with Crippen LogP contribution in [0.4, 0.5) is 0 Å². The van der Waals surface area contributed by atoms with Crippen LogP contribution in [0.15, 0.2) is 72.0 Å². The van der Waals surface area contributed by atoms with E-state index in [2.05, 4.69) is 16.2 Å². The molecular weight excluding hydrogens is 248 g/mol. The van der Waals surface area contributed by atoms with Gasteiger partial charge in [0.25, 0.3) is 0 Å². The highest BCUT2D eigenvalue weighted by atomic mass is 16.4. The highest BCUT2D eigenvalue weighted by Gasteiger charge is 2.02. The summed E-state index contributed by atoms with van der Waals surface area (Å²) in [5, 5.41) is 13.7. The normalized spacial score (nSPS) is 12.3.